The minimum atomic E-state index is -3.76. The van der Waals surface area contributed by atoms with Crippen LogP contribution in [-0.4, -0.2) is 33.6 Å². The predicted molar refractivity (Wildman–Crippen MR) is 153 cm³/mol. The highest BCUT2D eigenvalue weighted by Crippen LogP contribution is 2.29. The fraction of sp³-hybridized carbons (Fsp3) is 0.0690. The molecule has 0 bridgehead atoms. The number of amides is 1. The summed E-state index contributed by atoms with van der Waals surface area (Å²) in [5, 5.41) is 4.22. The van der Waals surface area contributed by atoms with Crippen LogP contribution in [0.1, 0.15) is 31.8 Å². The van der Waals surface area contributed by atoms with Crippen molar-refractivity contribution in [1.82, 2.24) is 5.43 Å². The highest BCUT2D eigenvalue weighted by atomic mass is 35.5. The molecule has 0 aliphatic rings. The quantitative estimate of drug-likeness (QED) is 0.118. The minimum absolute atomic E-state index is 0.137. The summed E-state index contributed by atoms with van der Waals surface area (Å²) in [6, 6.07) is 23.7. The monoisotopic (exact) mass is 577 g/mol. The number of sulfonamides is 1. The van der Waals surface area contributed by atoms with Crippen molar-refractivity contribution in [2.45, 2.75) is 11.8 Å². The molecule has 0 unspecified atom stereocenters. The molecule has 11 heteroatoms. The second-order valence-electron chi connectivity index (χ2n) is 8.47. The number of aryl methyl sites for hydroxylation is 1. The summed E-state index contributed by atoms with van der Waals surface area (Å²) in [6.07, 6.45) is 1.39. The number of carbonyl (C=O) groups is 2. The van der Waals surface area contributed by atoms with E-state index >= 15 is 0 Å². The largest absolute Gasteiger partial charge is 0.493 e. The van der Waals surface area contributed by atoms with Gasteiger partial charge in [-0.05, 0) is 79.2 Å². The maximum absolute atomic E-state index is 12.6. The molecular weight excluding hydrogens is 554 g/mol. The molecule has 9 nitrogen and oxygen atoms in total. The lowest BCUT2D eigenvalue weighted by Crippen LogP contribution is -2.18. The molecule has 40 heavy (non-hydrogen) atoms. The average molecular weight is 578 g/mol. The Kier molecular flexibility index (Phi) is 8.83. The third-order valence-electron chi connectivity index (χ3n) is 5.59. The fourth-order valence-corrected chi connectivity index (χ4v) is 4.75. The molecule has 2 N–H and O–H groups in total. The number of halogens is 1. The number of benzene rings is 4. The van der Waals surface area contributed by atoms with Crippen molar-refractivity contribution < 1.29 is 27.5 Å². The number of rotatable bonds is 9. The molecule has 0 radical (unpaired) electrons. The van der Waals surface area contributed by atoms with Crippen LogP contribution in [-0.2, 0) is 10.0 Å². The van der Waals surface area contributed by atoms with Crippen molar-refractivity contribution in [3.63, 3.8) is 0 Å². The van der Waals surface area contributed by atoms with Crippen LogP contribution >= 0.6 is 11.6 Å². The van der Waals surface area contributed by atoms with Gasteiger partial charge in [0.05, 0.1) is 28.8 Å². The molecule has 204 valence electrons. The van der Waals surface area contributed by atoms with Gasteiger partial charge in [0.2, 0.25) is 0 Å². The number of esters is 1. The SMILES string of the molecule is COc1cc(C=NNC(=O)c2ccc(NS(=O)(=O)c3ccc(C)cc3)cc2)ccc1OC(=O)c1ccccc1Cl. The summed E-state index contributed by atoms with van der Waals surface area (Å²) in [5.74, 6) is -0.668. The normalized spacial score (nSPS) is 11.2. The number of hydrazone groups is 1. The van der Waals surface area contributed by atoms with Gasteiger partial charge < -0.3 is 9.47 Å². The predicted octanol–water partition coefficient (Wildman–Crippen LogP) is 5.44. The number of methoxy groups -OCH3 is 1. The van der Waals surface area contributed by atoms with Gasteiger partial charge >= 0.3 is 5.97 Å². The van der Waals surface area contributed by atoms with Gasteiger partial charge in [-0.15, -0.1) is 0 Å². The van der Waals surface area contributed by atoms with Crippen LogP contribution in [0.3, 0.4) is 0 Å². The Balaban J connectivity index is 1.36. The Morgan fingerprint density at radius 2 is 1.60 bits per heavy atom. The van der Waals surface area contributed by atoms with Gasteiger partial charge in [0, 0.05) is 11.3 Å². The summed E-state index contributed by atoms with van der Waals surface area (Å²) in [4.78, 5) is 25.1. The van der Waals surface area contributed by atoms with E-state index in [9.17, 15) is 18.0 Å². The molecular formula is C29H24ClN3O6S. The molecule has 0 spiro atoms. The second kappa shape index (κ2) is 12.5. The van der Waals surface area contributed by atoms with Crippen LogP contribution in [0.4, 0.5) is 5.69 Å². The van der Waals surface area contributed by atoms with Crippen molar-refractivity contribution in [3.05, 3.63) is 118 Å². The molecule has 0 saturated heterocycles. The number of ether oxygens (including phenoxy) is 2. The molecule has 4 aromatic rings. The number of nitrogens with one attached hydrogen (secondary N) is 2. The third-order valence-corrected chi connectivity index (χ3v) is 7.32. The number of hydrogen-bond donors (Lipinski definition) is 2. The van der Waals surface area contributed by atoms with Gasteiger partial charge in [-0.1, -0.05) is 41.4 Å². The highest BCUT2D eigenvalue weighted by Gasteiger charge is 2.16. The minimum Gasteiger partial charge on any atom is -0.493 e. The van der Waals surface area contributed by atoms with Crippen LogP contribution in [0, 0.1) is 6.92 Å². The summed E-state index contributed by atoms with van der Waals surface area (Å²) >= 11 is 6.06. The van der Waals surface area contributed by atoms with Gasteiger partial charge in [0.15, 0.2) is 11.5 Å². The zero-order valence-corrected chi connectivity index (χ0v) is 23.0. The molecule has 1 amide bonds. The number of anilines is 1. The number of carbonyl (C=O) groups excluding carboxylic acids is 2. The first-order valence-corrected chi connectivity index (χ1v) is 13.7. The molecule has 0 fully saturated rings. The van der Waals surface area contributed by atoms with Gasteiger partial charge in [-0.2, -0.15) is 5.10 Å². The molecule has 0 saturated carbocycles. The Hall–Kier alpha value is -4.67. The van der Waals surface area contributed by atoms with Crippen LogP contribution in [0.25, 0.3) is 0 Å². The van der Waals surface area contributed by atoms with Crippen molar-refractivity contribution in [3.8, 4) is 11.5 Å². The van der Waals surface area contributed by atoms with E-state index in [1.165, 1.54) is 55.8 Å². The molecule has 0 heterocycles. The van der Waals surface area contributed by atoms with Crippen molar-refractivity contribution >= 4 is 45.4 Å². The van der Waals surface area contributed by atoms with Crippen molar-refractivity contribution in [2.75, 3.05) is 11.8 Å². The van der Waals surface area contributed by atoms with Gasteiger partial charge in [0.1, 0.15) is 0 Å². The van der Waals surface area contributed by atoms with Gasteiger partial charge in [0.25, 0.3) is 15.9 Å². The van der Waals surface area contributed by atoms with E-state index in [4.69, 9.17) is 21.1 Å². The third kappa shape index (κ3) is 7.04. The molecule has 0 aromatic heterocycles. The average Bonchev–Trinajstić information content (AvgIpc) is 2.94. The maximum Gasteiger partial charge on any atom is 0.345 e. The first kappa shape index (κ1) is 28.3. The Morgan fingerprint density at radius 3 is 2.27 bits per heavy atom. The van der Waals surface area contributed by atoms with Gasteiger partial charge in [-0.25, -0.2) is 18.6 Å². The van der Waals surface area contributed by atoms with E-state index in [0.29, 0.717) is 11.3 Å². The van der Waals surface area contributed by atoms with E-state index in [1.54, 1.807) is 48.5 Å². The lowest BCUT2D eigenvalue weighted by atomic mass is 10.2. The van der Waals surface area contributed by atoms with Crippen LogP contribution < -0.4 is 19.6 Å². The van der Waals surface area contributed by atoms with Crippen LogP contribution in [0.15, 0.2) is 101 Å². The Bertz CT molecular complexity index is 1670. The first-order chi connectivity index (χ1) is 19.2. The summed E-state index contributed by atoms with van der Waals surface area (Å²) in [5.41, 5.74) is 4.72. The summed E-state index contributed by atoms with van der Waals surface area (Å²) < 4.78 is 38.3. The number of hydrogen-bond acceptors (Lipinski definition) is 7. The van der Waals surface area contributed by atoms with E-state index < -0.39 is 21.9 Å². The number of nitrogens with zero attached hydrogens (tertiary/aromatic N) is 1. The lowest BCUT2D eigenvalue weighted by molar-refractivity contribution is 0.0729. The zero-order chi connectivity index (χ0) is 28.7. The fourth-order valence-electron chi connectivity index (χ4n) is 3.48. The molecule has 0 aliphatic heterocycles. The van der Waals surface area contributed by atoms with Gasteiger partial charge in [-0.3, -0.25) is 9.52 Å². The van der Waals surface area contributed by atoms with E-state index in [2.05, 4.69) is 15.2 Å². The van der Waals surface area contributed by atoms with E-state index in [-0.39, 0.29) is 32.5 Å². The molecule has 4 aromatic carbocycles. The Labute approximate surface area is 236 Å². The maximum atomic E-state index is 12.6. The molecule has 0 aliphatic carbocycles. The topological polar surface area (TPSA) is 123 Å². The molecule has 4 rings (SSSR count). The van der Waals surface area contributed by atoms with Crippen LogP contribution in [0.5, 0.6) is 11.5 Å². The summed E-state index contributed by atoms with van der Waals surface area (Å²) in [7, 11) is -2.33. The zero-order valence-electron chi connectivity index (χ0n) is 21.4. The second-order valence-corrected chi connectivity index (χ2v) is 10.6. The Morgan fingerprint density at radius 1 is 0.900 bits per heavy atom. The first-order valence-electron chi connectivity index (χ1n) is 11.8. The highest BCUT2D eigenvalue weighted by molar-refractivity contribution is 7.92. The standard InChI is InChI=1S/C29H24ClN3O6S/c1-19-7-14-23(15-8-19)40(36,37)33-22-12-10-21(11-13-22)28(34)32-31-18-20-9-16-26(27(17-20)38-2)39-29(35)24-5-3-4-6-25(24)30/h3-18,33H,1-2H3,(H,32,34). The molecule has 0 atom stereocenters. The smallest absolute Gasteiger partial charge is 0.345 e. The van der Waals surface area contributed by atoms with Crippen molar-refractivity contribution in [2.24, 2.45) is 5.10 Å². The lowest BCUT2D eigenvalue weighted by Gasteiger charge is -2.10. The van der Waals surface area contributed by atoms with E-state index in [1.807, 2.05) is 6.92 Å². The van der Waals surface area contributed by atoms with Crippen molar-refractivity contribution in [1.29, 1.82) is 0 Å². The van der Waals surface area contributed by atoms with E-state index in [0.717, 1.165) is 5.56 Å². The van der Waals surface area contributed by atoms with Crippen LogP contribution in [0.2, 0.25) is 5.02 Å². The summed E-state index contributed by atoms with van der Waals surface area (Å²) in [6.45, 7) is 1.87.